The molecule has 0 spiro atoms. The Balaban J connectivity index is 1.78. The standard InChI is InChI=1S/C19H20N4O2/c1-11(2)23-18-16(10-20-23)15(9-17(22-18)12-6-7-12)19(25)21-13-4-3-5-14(24)8-13/h3-5,8-12,24H,6-7H2,1-2H3,(H,21,25). The van der Waals surface area contributed by atoms with Gasteiger partial charge in [-0.05, 0) is 44.9 Å². The molecule has 3 aromatic rings. The Bertz CT molecular complexity index is 957. The van der Waals surface area contributed by atoms with Crippen LogP contribution in [0.4, 0.5) is 5.69 Å². The number of anilines is 1. The number of aromatic nitrogens is 3. The second-order valence-electron chi connectivity index (χ2n) is 6.79. The first kappa shape index (κ1) is 15.6. The van der Waals surface area contributed by atoms with Gasteiger partial charge in [0.15, 0.2) is 5.65 Å². The van der Waals surface area contributed by atoms with Gasteiger partial charge in [-0.1, -0.05) is 6.07 Å². The summed E-state index contributed by atoms with van der Waals surface area (Å²) in [7, 11) is 0. The number of pyridine rings is 1. The van der Waals surface area contributed by atoms with E-state index in [2.05, 4.69) is 10.4 Å². The lowest BCUT2D eigenvalue weighted by atomic mass is 10.1. The quantitative estimate of drug-likeness (QED) is 0.758. The van der Waals surface area contributed by atoms with Gasteiger partial charge in [0.05, 0.1) is 17.1 Å². The zero-order valence-electron chi connectivity index (χ0n) is 14.2. The van der Waals surface area contributed by atoms with Gasteiger partial charge in [0, 0.05) is 29.4 Å². The van der Waals surface area contributed by atoms with E-state index in [1.807, 2.05) is 24.6 Å². The van der Waals surface area contributed by atoms with Gasteiger partial charge in [0.25, 0.3) is 5.91 Å². The molecule has 0 aliphatic heterocycles. The number of phenolic OH excluding ortho intramolecular Hbond substituents is 1. The van der Waals surface area contributed by atoms with Crippen LogP contribution >= 0.6 is 0 Å². The number of carbonyl (C=O) groups is 1. The molecule has 6 nitrogen and oxygen atoms in total. The van der Waals surface area contributed by atoms with Crippen molar-refractivity contribution in [3.05, 3.63) is 47.8 Å². The first-order valence-corrected chi connectivity index (χ1v) is 8.51. The molecule has 0 bridgehead atoms. The van der Waals surface area contributed by atoms with Crippen LogP contribution in [-0.4, -0.2) is 25.8 Å². The fraction of sp³-hybridized carbons (Fsp3) is 0.316. The van der Waals surface area contributed by atoms with E-state index in [1.165, 1.54) is 6.07 Å². The third-order valence-corrected chi connectivity index (χ3v) is 4.42. The lowest BCUT2D eigenvalue weighted by Gasteiger charge is -2.11. The fourth-order valence-corrected chi connectivity index (χ4v) is 2.97. The molecule has 2 aromatic heterocycles. The molecular formula is C19H20N4O2. The molecule has 1 aliphatic carbocycles. The van der Waals surface area contributed by atoms with E-state index in [0.29, 0.717) is 17.2 Å². The maximum Gasteiger partial charge on any atom is 0.256 e. The summed E-state index contributed by atoms with van der Waals surface area (Å²) in [5.74, 6) is 0.333. The van der Waals surface area contributed by atoms with Gasteiger partial charge >= 0.3 is 0 Å². The normalized spacial score (nSPS) is 14.2. The summed E-state index contributed by atoms with van der Waals surface area (Å²) in [6.07, 6.45) is 3.93. The molecule has 2 heterocycles. The molecule has 0 unspecified atom stereocenters. The van der Waals surface area contributed by atoms with E-state index in [-0.39, 0.29) is 17.7 Å². The van der Waals surface area contributed by atoms with E-state index < -0.39 is 0 Å². The minimum atomic E-state index is -0.219. The predicted octanol–water partition coefficient (Wildman–Crippen LogP) is 3.85. The van der Waals surface area contributed by atoms with Crippen LogP contribution in [0.5, 0.6) is 5.75 Å². The number of hydrogen-bond acceptors (Lipinski definition) is 4. The maximum absolute atomic E-state index is 12.9. The predicted molar refractivity (Wildman–Crippen MR) is 95.9 cm³/mol. The SMILES string of the molecule is CC(C)n1ncc2c(C(=O)Nc3cccc(O)c3)cc(C3CC3)nc21. The summed E-state index contributed by atoms with van der Waals surface area (Å²) in [5.41, 5.74) is 2.83. The number of fused-ring (bicyclic) bond motifs is 1. The Kier molecular flexibility index (Phi) is 3.67. The van der Waals surface area contributed by atoms with E-state index in [1.54, 1.807) is 24.4 Å². The number of aromatic hydroxyl groups is 1. The average molecular weight is 336 g/mol. The Labute approximate surface area is 145 Å². The van der Waals surface area contributed by atoms with E-state index in [0.717, 1.165) is 29.6 Å². The van der Waals surface area contributed by atoms with Crippen molar-refractivity contribution in [1.82, 2.24) is 14.8 Å². The van der Waals surface area contributed by atoms with Crippen LogP contribution in [0.25, 0.3) is 11.0 Å². The Morgan fingerprint density at radius 1 is 1.32 bits per heavy atom. The largest absolute Gasteiger partial charge is 0.508 e. The van der Waals surface area contributed by atoms with Gasteiger partial charge in [-0.2, -0.15) is 5.10 Å². The highest BCUT2D eigenvalue weighted by Crippen LogP contribution is 2.40. The Morgan fingerprint density at radius 3 is 2.80 bits per heavy atom. The summed E-state index contributed by atoms with van der Waals surface area (Å²) in [6, 6.07) is 8.58. The van der Waals surface area contributed by atoms with E-state index in [9.17, 15) is 9.90 Å². The summed E-state index contributed by atoms with van der Waals surface area (Å²) >= 11 is 0. The van der Waals surface area contributed by atoms with Crippen LogP contribution in [0.2, 0.25) is 0 Å². The first-order valence-electron chi connectivity index (χ1n) is 8.51. The Hall–Kier alpha value is -2.89. The zero-order chi connectivity index (χ0) is 17.6. The van der Waals surface area contributed by atoms with Crippen molar-refractivity contribution in [3.63, 3.8) is 0 Å². The van der Waals surface area contributed by atoms with Crippen LogP contribution in [0.1, 0.15) is 54.7 Å². The second-order valence-corrected chi connectivity index (χ2v) is 6.79. The third-order valence-electron chi connectivity index (χ3n) is 4.42. The first-order chi connectivity index (χ1) is 12.0. The molecule has 6 heteroatoms. The summed E-state index contributed by atoms with van der Waals surface area (Å²) < 4.78 is 1.85. The smallest absolute Gasteiger partial charge is 0.256 e. The summed E-state index contributed by atoms with van der Waals surface area (Å²) in [6.45, 7) is 4.09. The van der Waals surface area contributed by atoms with E-state index in [4.69, 9.17) is 4.98 Å². The molecule has 0 atom stereocenters. The molecule has 1 fully saturated rings. The number of phenols is 1. The third kappa shape index (κ3) is 2.95. The number of amides is 1. The minimum Gasteiger partial charge on any atom is -0.508 e. The molecule has 4 rings (SSSR count). The van der Waals surface area contributed by atoms with Gasteiger partial charge in [-0.3, -0.25) is 4.79 Å². The van der Waals surface area contributed by atoms with Crippen molar-refractivity contribution in [1.29, 1.82) is 0 Å². The van der Waals surface area contributed by atoms with Gasteiger partial charge < -0.3 is 10.4 Å². The zero-order valence-corrected chi connectivity index (χ0v) is 14.2. The van der Waals surface area contributed by atoms with Crippen LogP contribution < -0.4 is 5.32 Å². The van der Waals surface area contributed by atoms with E-state index >= 15 is 0 Å². The number of nitrogens with zero attached hydrogens (tertiary/aromatic N) is 3. The number of rotatable bonds is 4. The fourth-order valence-electron chi connectivity index (χ4n) is 2.97. The molecular weight excluding hydrogens is 316 g/mol. The summed E-state index contributed by atoms with van der Waals surface area (Å²) in [4.78, 5) is 17.6. The van der Waals surface area contributed by atoms with Crippen molar-refractivity contribution in [2.75, 3.05) is 5.32 Å². The maximum atomic E-state index is 12.9. The highest BCUT2D eigenvalue weighted by molar-refractivity contribution is 6.12. The lowest BCUT2D eigenvalue weighted by molar-refractivity contribution is 0.102. The summed E-state index contributed by atoms with van der Waals surface area (Å²) in [5, 5.41) is 17.6. The van der Waals surface area contributed by atoms with Gasteiger partial charge in [-0.15, -0.1) is 0 Å². The monoisotopic (exact) mass is 336 g/mol. The highest BCUT2D eigenvalue weighted by Gasteiger charge is 2.28. The van der Waals surface area contributed by atoms with Gasteiger partial charge in [0.1, 0.15) is 5.75 Å². The average Bonchev–Trinajstić information content (AvgIpc) is 3.32. The van der Waals surface area contributed by atoms with Crippen molar-refractivity contribution in [3.8, 4) is 5.75 Å². The Morgan fingerprint density at radius 2 is 2.12 bits per heavy atom. The van der Waals surface area contributed by atoms with Gasteiger partial charge in [0.2, 0.25) is 0 Å². The molecule has 1 saturated carbocycles. The molecule has 128 valence electrons. The van der Waals surface area contributed by atoms with Crippen LogP contribution in [0, 0.1) is 0 Å². The van der Waals surface area contributed by atoms with Crippen LogP contribution in [0.3, 0.4) is 0 Å². The molecule has 1 aliphatic rings. The van der Waals surface area contributed by atoms with Crippen LogP contribution in [0.15, 0.2) is 36.5 Å². The second kappa shape index (κ2) is 5.88. The highest BCUT2D eigenvalue weighted by atomic mass is 16.3. The molecule has 2 N–H and O–H groups in total. The van der Waals surface area contributed by atoms with Crippen LogP contribution in [-0.2, 0) is 0 Å². The van der Waals surface area contributed by atoms with Crippen molar-refractivity contribution < 1.29 is 9.90 Å². The molecule has 0 saturated heterocycles. The number of nitrogens with one attached hydrogen (secondary N) is 1. The lowest BCUT2D eigenvalue weighted by Crippen LogP contribution is -2.13. The number of benzene rings is 1. The van der Waals surface area contributed by atoms with Crippen molar-refractivity contribution in [2.24, 2.45) is 0 Å². The molecule has 25 heavy (non-hydrogen) atoms. The minimum absolute atomic E-state index is 0.115. The number of carbonyl (C=O) groups excluding carboxylic acids is 1. The molecule has 1 aromatic carbocycles. The molecule has 1 amide bonds. The number of hydrogen-bond donors (Lipinski definition) is 2. The van der Waals surface area contributed by atoms with Crippen molar-refractivity contribution >= 4 is 22.6 Å². The van der Waals surface area contributed by atoms with Gasteiger partial charge in [-0.25, -0.2) is 9.67 Å². The van der Waals surface area contributed by atoms with Crippen molar-refractivity contribution in [2.45, 2.75) is 38.6 Å². The topological polar surface area (TPSA) is 80.0 Å². The molecule has 0 radical (unpaired) electrons.